The fourth-order valence-corrected chi connectivity index (χ4v) is 4.98. The standard InChI is InChI=1S/C29H28F3N5O2/c1-18(20-5-2-6-21(27(20)30)28(31)32)36-23-7-11-34-24-17-35-25(15-22(23)24)29(39)8-12-37(13-9-29)26(38)14-19-4-3-10-33-16-19/h2-7,10-11,15-18,28,39H,8-9,12-14H2,1H3,(H,34,36)/t18-/m1/s1. The van der Waals surface area contributed by atoms with Gasteiger partial charge in [-0.2, -0.15) is 0 Å². The topological polar surface area (TPSA) is 91.2 Å². The highest BCUT2D eigenvalue weighted by Crippen LogP contribution is 2.35. The third-order valence-corrected chi connectivity index (χ3v) is 7.26. The summed E-state index contributed by atoms with van der Waals surface area (Å²) in [6.45, 7) is 2.45. The van der Waals surface area contributed by atoms with E-state index in [0.717, 1.165) is 11.6 Å². The molecule has 0 unspecified atom stereocenters. The quantitative estimate of drug-likeness (QED) is 0.333. The van der Waals surface area contributed by atoms with Crippen molar-refractivity contribution in [1.82, 2.24) is 19.9 Å². The van der Waals surface area contributed by atoms with Crippen LogP contribution in [0.25, 0.3) is 10.9 Å². The van der Waals surface area contributed by atoms with E-state index in [2.05, 4.69) is 20.3 Å². The Morgan fingerprint density at radius 1 is 1.08 bits per heavy atom. The van der Waals surface area contributed by atoms with Crippen molar-refractivity contribution in [3.63, 3.8) is 0 Å². The zero-order chi connectivity index (χ0) is 27.6. The predicted molar refractivity (Wildman–Crippen MR) is 141 cm³/mol. The Bertz CT molecular complexity index is 1480. The lowest BCUT2D eigenvalue weighted by Crippen LogP contribution is -2.46. The number of pyridine rings is 3. The minimum absolute atomic E-state index is 0.0238. The van der Waals surface area contributed by atoms with Gasteiger partial charge in [-0.25, -0.2) is 13.2 Å². The minimum Gasteiger partial charge on any atom is -0.383 e. The number of carbonyl (C=O) groups is 1. The number of nitrogens with one attached hydrogen (secondary N) is 1. The molecule has 0 bridgehead atoms. The maximum atomic E-state index is 14.8. The van der Waals surface area contributed by atoms with Gasteiger partial charge in [-0.05, 0) is 43.5 Å². The van der Waals surface area contributed by atoms with Gasteiger partial charge in [0.05, 0.1) is 35.4 Å². The maximum Gasteiger partial charge on any atom is 0.266 e. The van der Waals surface area contributed by atoms with Crippen LogP contribution in [0.5, 0.6) is 0 Å². The molecule has 10 heteroatoms. The summed E-state index contributed by atoms with van der Waals surface area (Å²) >= 11 is 0. The number of nitrogens with zero attached hydrogens (tertiary/aromatic N) is 4. The highest BCUT2D eigenvalue weighted by Gasteiger charge is 2.37. The average Bonchev–Trinajstić information content (AvgIpc) is 2.94. The summed E-state index contributed by atoms with van der Waals surface area (Å²) < 4.78 is 41.2. The minimum atomic E-state index is -2.91. The number of anilines is 1. The monoisotopic (exact) mass is 535 g/mol. The Balaban J connectivity index is 1.34. The summed E-state index contributed by atoms with van der Waals surface area (Å²) in [5.41, 5.74) is 0.686. The smallest absolute Gasteiger partial charge is 0.266 e. The number of hydrogen-bond donors (Lipinski definition) is 2. The van der Waals surface area contributed by atoms with Crippen LogP contribution >= 0.6 is 0 Å². The first-order valence-corrected chi connectivity index (χ1v) is 12.7. The van der Waals surface area contributed by atoms with E-state index in [0.29, 0.717) is 48.2 Å². The second-order valence-electron chi connectivity index (χ2n) is 9.81. The molecular formula is C29H28F3N5O2. The van der Waals surface area contributed by atoms with Crippen molar-refractivity contribution in [2.75, 3.05) is 18.4 Å². The van der Waals surface area contributed by atoms with Crippen LogP contribution in [0.15, 0.2) is 67.3 Å². The third-order valence-electron chi connectivity index (χ3n) is 7.26. The summed E-state index contributed by atoms with van der Waals surface area (Å²) in [7, 11) is 0. The zero-order valence-electron chi connectivity index (χ0n) is 21.3. The van der Waals surface area contributed by atoms with Gasteiger partial charge in [0.1, 0.15) is 11.4 Å². The van der Waals surface area contributed by atoms with Crippen LogP contribution in [0.3, 0.4) is 0 Å². The summed E-state index contributed by atoms with van der Waals surface area (Å²) in [5.74, 6) is -0.961. The van der Waals surface area contributed by atoms with Gasteiger partial charge in [-0.1, -0.05) is 24.3 Å². The van der Waals surface area contributed by atoms with Gasteiger partial charge in [0.15, 0.2) is 0 Å². The fraction of sp³-hybridized carbons (Fsp3) is 0.310. The molecule has 0 radical (unpaired) electrons. The molecule has 1 atom stereocenters. The number of hydrogen-bond acceptors (Lipinski definition) is 6. The summed E-state index contributed by atoms with van der Waals surface area (Å²) in [6.07, 6.45) is 4.44. The molecule has 1 fully saturated rings. The van der Waals surface area contributed by atoms with Crippen LogP contribution in [-0.2, 0) is 16.8 Å². The molecule has 5 rings (SSSR count). The van der Waals surface area contributed by atoms with Gasteiger partial charge in [-0.3, -0.25) is 19.7 Å². The van der Waals surface area contributed by atoms with Crippen LogP contribution in [0.2, 0.25) is 0 Å². The first-order chi connectivity index (χ1) is 18.7. The summed E-state index contributed by atoms with van der Waals surface area (Å²) in [4.78, 5) is 27.4. The van der Waals surface area contributed by atoms with Gasteiger partial charge in [0.2, 0.25) is 5.91 Å². The lowest BCUT2D eigenvalue weighted by molar-refractivity contribution is -0.135. The molecule has 39 heavy (non-hydrogen) atoms. The van der Waals surface area contributed by atoms with Crippen molar-refractivity contribution in [2.24, 2.45) is 0 Å². The molecule has 202 valence electrons. The highest BCUT2D eigenvalue weighted by molar-refractivity contribution is 5.91. The molecule has 0 spiro atoms. The third kappa shape index (κ3) is 5.56. The van der Waals surface area contributed by atoms with Crippen LogP contribution in [0, 0.1) is 5.82 Å². The molecule has 0 saturated carbocycles. The maximum absolute atomic E-state index is 14.8. The molecule has 7 nitrogen and oxygen atoms in total. The van der Waals surface area contributed by atoms with E-state index in [1.807, 2.05) is 6.07 Å². The molecule has 2 N–H and O–H groups in total. The molecule has 1 aliphatic rings. The zero-order valence-corrected chi connectivity index (χ0v) is 21.3. The second kappa shape index (κ2) is 11.0. The van der Waals surface area contributed by atoms with Gasteiger partial charge >= 0.3 is 0 Å². The number of piperidine rings is 1. The van der Waals surface area contributed by atoms with Crippen molar-refractivity contribution >= 4 is 22.5 Å². The van der Waals surface area contributed by atoms with E-state index in [9.17, 15) is 23.1 Å². The van der Waals surface area contributed by atoms with Crippen LogP contribution in [-0.4, -0.2) is 44.0 Å². The van der Waals surface area contributed by atoms with Crippen LogP contribution in [0.4, 0.5) is 18.9 Å². The van der Waals surface area contributed by atoms with E-state index in [1.165, 1.54) is 12.1 Å². The van der Waals surface area contributed by atoms with E-state index in [4.69, 9.17) is 0 Å². The van der Waals surface area contributed by atoms with Crippen molar-refractivity contribution < 1.29 is 23.1 Å². The van der Waals surface area contributed by atoms with E-state index in [1.54, 1.807) is 54.8 Å². The van der Waals surface area contributed by atoms with Crippen molar-refractivity contribution in [1.29, 1.82) is 0 Å². The van der Waals surface area contributed by atoms with Crippen molar-refractivity contribution in [3.8, 4) is 0 Å². The number of alkyl halides is 2. The fourth-order valence-electron chi connectivity index (χ4n) is 4.98. The van der Waals surface area contributed by atoms with Gasteiger partial charge in [-0.15, -0.1) is 0 Å². The number of aromatic nitrogens is 3. The number of benzene rings is 1. The Hall–Kier alpha value is -4.05. The first kappa shape index (κ1) is 26.6. The van der Waals surface area contributed by atoms with Crippen molar-refractivity contribution in [2.45, 2.75) is 44.3 Å². The molecule has 1 aliphatic heterocycles. The number of likely N-dealkylation sites (tertiary alicyclic amines) is 1. The van der Waals surface area contributed by atoms with Gasteiger partial charge in [0, 0.05) is 48.3 Å². The number of aliphatic hydroxyl groups is 1. The Labute approximate surface area is 223 Å². The molecule has 3 aromatic heterocycles. The molecule has 4 aromatic rings. The van der Waals surface area contributed by atoms with Crippen LogP contribution < -0.4 is 5.32 Å². The second-order valence-corrected chi connectivity index (χ2v) is 9.81. The normalized spacial score (nSPS) is 15.9. The molecule has 1 saturated heterocycles. The predicted octanol–water partition coefficient (Wildman–Crippen LogP) is 5.33. The largest absolute Gasteiger partial charge is 0.383 e. The summed E-state index contributed by atoms with van der Waals surface area (Å²) in [6, 6.07) is 10.4. The average molecular weight is 536 g/mol. The Kier molecular flexibility index (Phi) is 7.47. The highest BCUT2D eigenvalue weighted by atomic mass is 19.3. The number of rotatable bonds is 7. The Morgan fingerprint density at radius 3 is 2.56 bits per heavy atom. The number of carbonyl (C=O) groups excluding carboxylic acids is 1. The first-order valence-electron chi connectivity index (χ1n) is 12.7. The summed E-state index contributed by atoms with van der Waals surface area (Å²) in [5, 5.41) is 15.3. The Morgan fingerprint density at radius 2 is 1.85 bits per heavy atom. The molecule has 1 amide bonds. The van der Waals surface area contributed by atoms with Crippen LogP contribution in [0.1, 0.15) is 54.6 Å². The molecule has 0 aliphatic carbocycles. The van der Waals surface area contributed by atoms with E-state index in [-0.39, 0.29) is 17.9 Å². The molecule has 4 heterocycles. The lowest BCUT2D eigenvalue weighted by atomic mass is 9.87. The van der Waals surface area contributed by atoms with E-state index >= 15 is 0 Å². The number of fused-ring (bicyclic) bond motifs is 1. The number of halogens is 3. The molecular weight excluding hydrogens is 507 g/mol. The number of amides is 1. The lowest BCUT2D eigenvalue weighted by Gasteiger charge is -2.38. The molecule has 1 aromatic carbocycles. The van der Waals surface area contributed by atoms with E-state index < -0.39 is 29.4 Å². The van der Waals surface area contributed by atoms with Gasteiger partial charge < -0.3 is 15.3 Å². The van der Waals surface area contributed by atoms with Gasteiger partial charge in [0.25, 0.3) is 6.43 Å². The SMILES string of the molecule is C[C@@H](Nc1ccnc2cnc(C3(O)CCN(C(=O)Cc4cccnc4)CC3)cc12)c1cccc(C(F)F)c1F. The van der Waals surface area contributed by atoms with Crippen molar-refractivity contribution in [3.05, 3.63) is 95.5 Å².